The minimum absolute atomic E-state index is 0.0875. The van der Waals surface area contributed by atoms with Crippen molar-refractivity contribution in [1.82, 2.24) is 9.97 Å². The summed E-state index contributed by atoms with van der Waals surface area (Å²) in [4.78, 5) is 22.9. The zero-order valence-electron chi connectivity index (χ0n) is 13.5. The quantitative estimate of drug-likeness (QED) is 0.880. The lowest BCUT2D eigenvalue weighted by molar-refractivity contribution is -0.121. The van der Waals surface area contributed by atoms with Crippen molar-refractivity contribution in [2.24, 2.45) is 11.7 Å². The molecule has 0 radical (unpaired) electrons. The third-order valence-electron chi connectivity index (χ3n) is 3.92. The fourth-order valence-corrected chi connectivity index (χ4v) is 2.58. The van der Waals surface area contributed by atoms with Crippen molar-refractivity contribution in [2.45, 2.75) is 39.5 Å². The predicted octanol–water partition coefficient (Wildman–Crippen LogP) is 1.44. The zero-order valence-corrected chi connectivity index (χ0v) is 13.5. The largest absolute Gasteiger partial charge is 0.373 e. The summed E-state index contributed by atoms with van der Waals surface area (Å²) >= 11 is 0. The number of nitrogens with two attached hydrogens (primary N) is 1. The second-order valence-corrected chi connectivity index (χ2v) is 6.68. The Labute approximate surface area is 126 Å². The number of primary amides is 1. The van der Waals surface area contributed by atoms with Crippen LogP contribution in [-0.2, 0) is 10.2 Å². The van der Waals surface area contributed by atoms with Gasteiger partial charge in [-0.1, -0.05) is 20.8 Å². The normalized spacial score (nSPS) is 18.9. The van der Waals surface area contributed by atoms with E-state index in [-0.39, 0.29) is 17.2 Å². The van der Waals surface area contributed by atoms with Gasteiger partial charge in [-0.05, 0) is 13.3 Å². The van der Waals surface area contributed by atoms with Crippen LogP contribution in [0.4, 0.5) is 11.6 Å². The summed E-state index contributed by atoms with van der Waals surface area (Å²) in [7, 11) is 1.86. The molecule has 1 aromatic heterocycles. The van der Waals surface area contributed by atoms with E-state index in [2.05, 4.69) is 36.0 Å². The van der Waals surface area contributed by atoms with Gasteiger partial charge in [0.05, 0.1) is 5.92 Å². The van der Waals surface area contributed by atoms with Gasteiger partial charge in [0.15, 0.2) is 0 Å². The molecule has 21 heavy (non-hydrogen) atoms. The Morgan fingerprint density at radius 3 is 2.52 bits per heavy atom. The molecule has 0 spiro atoms. The van der Waals surface area contributed by atoms with E-state index in [0.717, 1.165) is 36.0 Å². The highest BCUT2D eigenvalue weighted by atomic mass is 16.1. The molecule has 3 N–H and O–H groups in total. The molecule has 0 saturated carbocycles. The van der Waals surface area contributed by atoms with Gasteiger partial charge in [0.1, 0.15) is 17.5 Å². The molecular weight excluding hydrogens is 266 g/mol. The summed E-state index contributed by atoms with van der Waals surface area (Å²) in [6, 6.07) is 0. The van der Waals surface area contributed by atoms with Crippen LogP contribution >= 0.6 is 0 Å². The second-order valence-electron chi connectivity index (χ2n) is 6.68. The predicted molar refractivity (Wildman–Crippen MR) is 84.5 cm³/mol. The van der Waals surface area contributed by atoms with E-state index < -0.39 is 0 Å². The van der Waals surface area contributed by atoms with Crippen LogP contribution in [0.1, 0.15) is 38.6 Å². The first-order chi connectivity index (χ1) is 9.74. The van der Waals surface area contributed by atoms with Crippen molar-refractivity contribution < 1.29 is 4.79 Å². The molecule has 6 heteroatoms. The molecule has 116 valence electrons. The molecule has 1 unspecified atom stereocenters. The molecule has 0 aliphatic carbocycles. The number of carbonyl (C=O) groups is 1. The maximum absolute atomic E-state index is 11.4. The summed E-state index contributed by atoms with van der Waals surface area (Å²) in [5.74, 6) is 2.23. The number of amides is 1. The van der Waals surface area contributed by atoms with Gasteiger partial charge in [-0.25, -0.2) is 9.97 Å². The van der Waals surface area contributed by atoms with Gasteiger partial charge in [-0.3, -0.25) is 4.79 Å². The molecule has 1 aromatic rings. The number of nitrogens with one attached hydrogen (secondary N) is 1. The number of carbonyl (C=O) groups excluding carboxylic acids is 1. The van der Waals surface area contributed by atoms with Crippen molar-refractivity contribution >= 4 is 17.5 Å². The molecule has 1 aliphatic heterocycles. The molecule has 2 heterocycles. The SMILES string of the molecule is CNc1nc(C(C)(C)C)nc(N2CCC(C(N)=O)C2)c1C. The lowest BCUT2D eigenvalue weighted by atomic mass is 9.95. The highest BCUT2D eigenvalue weighted by molar-refractivity contribution is 5.78. The highest BCUT2D eigenvalue weighted by Gasteiger charge is 2.30. The van der Waals surface area contributed by atoms with Crippen LogP contribution in [0.25, 0.3) is 0 Å². The average Bonchev–Trinajstić information content (AvgIpc) is 2.87. The van der Waals surface area contributed by atoms with E-state index in [1.807, 2.05) is 14.0 Å². The Morgan fingerprint density at radius 1 is 1.38 bits per heavy atom. The standard InChI is InChI=1S/C15H25N5O/c1-9-12(17-5)18-14(15(2,3)4)19-13(9)20-7-6-10(8-20)11(16)21/h10H,6-8H2,1-5H3,(H2,16,21)(H,17,18,19). The van der Waals surface area contributed by atoms with Crippen molar-refractivity contribution in [3.8, 4) is 0 Å². The Bertz CT molecular complexity index is 550. The second kappa shape index (κ2) is 5.50. The van der Waals surface area contributed by atoms with E-state index in [1.165, 1.54) is 0 Å². The van der Waals surface area contributed by atoms with Crippen molar-refractivity contribution in [1.29, 1.82) is 0 Å². The summed E-state index contributed by atoms with van der Waals surface area (Å²) in [6.07, 6.45) is 0.790. The highest BCUT2D eigenvalue weighted by Crippen LogP contribution is 2.31. The average molecular weight is 291 g/mol. The van der Waals surface area contributed by atoms with Gasteiger partial charge in [0.2, 0.25) is 5.91 Å². The van der Waals surface area contributed by atoms with Crippen LogP contribution in [0, 0.1) is 12.8 Å². The number of hydrogen-bond acceptors (Lipinski definition) is 5. The maximum Gasteiger partial charge on any atom is 0.222 e. The molecular formula is C15H25N5O. The van der Waals surface area contributed by atoms with Gasteiger partial charge >= 0.3 is 0 Å². The Kier molecular flexibility index (Phi) is 4.07. The fourth-order valence-electron chi connectivity index (χ4n) is 2.58. The first-order valence-electron chi connectivity index (χ1n) is 7.35. The topological polar surface area (TPSA) is 84.1 Å². The van der Waals surface area contributed by atoms with Crippen molar-refractivity contribution in [3.63, 3.8) is 0 Å². The lowest BCUT2D eigenvalue weighted by Crippen LogP contribution is -2.29. The molecule has 1 aliphatic rings. The number of rotatable bonds is 3. The molecule has 6 nitrogen and oxygen atoms in total. The van der Waals surface area contributed by atoms with E-state index in [1.54, 1.807) is 0 Å². The third kappa shape index (κ3) is 3.09. The number of nitrogens with zero attached hydrogens (tertiary/aromatic N) is 3. The van der Waals surface area contributed by atoms with Crippen molar-refractivity contribution in [2.75, 3.05) is 30.4 Å². The Balaban J connectivity index is 2.41. The summed E-state index contributed by atoms with van der Waals surface area (Å²) in [5.41, 5.74) is 6.30. The Hall–Kier alpha value is -1.85. The van der Waals surface area contributed by atoms with E-state index in [9.17, 15) is 4.79 Å². The summed E-state index contributed by atoms with van der Waals surface area (Å²) in [6.45, 7) is 9.73. The number of anilines is 2. The van der Waals surface area contributed by atoms with E-state index in [4.69, 9.17) is 10.7 Å². The molecule has 0 bridgehead atoms. The minimum Gasteiger partial charge on any atom is -0.373 e. The fraction of sp³-hybridized carbons (Fsp3) is 0.667. The molecule has 1 atom stereocenters. The van der Waals surface area contributed by atoms with Gasteiger partial charge in [0.25, 0.3) is 0 Å². The van der Waals surface area contributed by atoms with Crippen LogP contribution in [0.5, 0.6) is 0 Å². The van der Waals surface area contributed by atoms with Gasteiger partial charge in [-0.15, -0.1) is 0 Å². The third-order valence-corrected chi connectivity index (χ3v) is 3.92. The first kappa shape index (κ1) is 15.5. The monoisotopic (exact) mass is 291 g/mol. The van der Waals surface area contributed by atoms with Crippen LogP contribution in [0.2, 0.25) is 0 Å². The molecule has 1 fully saturated rings. The molecule has 2 rings (SSSR count). The number of aromatic nitrogens is 2. The smallest absolute Gasteiger partial charge is 0.222 e. The van der Waals surface area contributed by atoms with Gasteiger partial charge < -0.3 is 16.0 Å². The lowest BCUT2D eigenvalue weighted by Gasteiger charge is -2.25. The molecule has 0 aromatic carbocycles. The van der Waals surface area contributed by atoms with Crippen LogP contribution in [0.15, 0.2) is 0 Å². The maximum atomic E-state index is 11.4. The molecule has 1 saturated heterocycles. The minimum atomic E-state index is -0.228. The Morgan fingerprint density at radius 2 is 2.05 bits per heavy atom. The van der Waals surface area contributed by atoms with Crippen LogP contribution in [-0.4, -0.2) is 36.0 Å². The zero-order chi connectivity index (χ0) is 15.8. The summed E-state index contributed by atoms with van der Waals surface area (Å²) < 4.78 is 0. The number of hydrogen-bond donors (Lipinski definition) is 2. The van der Waals surface area contributed by atoms with E-state index >= 15 is 0 Å². The summed E-state index contributed by atoms with van der Waals surface area (Å²) in [5, 5.41) is 3.14. The van der Waals surface area contributed by atoms with Gasteiger partial charge in [0, 0.05) is 31.1 Å². The van der Waals surface area contributed by atoms with Crippen LogP contribution < -0.4 is 16.0 Å². The van der Waals surface area contributed by atoms with Crippen LogP contribution in [0.3, 0.4) is 0 Å². The molecule has 1 amide bonds. The van der Waals surface area contributed by atoms with E-state index in [0.29, 0.717) is 6.54 Å². The first-order valence-corrected chi connectivity index (χ1v) is 7.35. The van der Waals surface area contributed by atoms with Gasteiger partial charge in [-0.2, -0.15) is 0 Å². The van der Waals surface area contributed by atoms with Crippen molar-refractivity contribution in [3.05, 3.63) is 11.4 Å².